The van der Waals surface area contributed by atoms with Crippen LogP contribution in [-0.4, -0.2) is 124 Å². The second-order valence-corrected chi connectivity index (χ2v) is 22.8. The molecule has 376 valence electrons. The van der Waals surface area contributed by atoms with Crippen LogP contribution < -0.4 is 20.9 Å². The third-order valence-corrected chi connectivity index (χ3v) is 15.6. The maximum Gasteiger partial charge on any atom is 0.247 e. The molecule has 2 saturated heterocycles. The predicted octanol–water partition coefficient (Wildman–Crippen LogP) is 7.42. The van der Waals surface area contributed by atoms with Gasteiger partial charge in [-0.3, -0.25) is 19.3 Å². The van der Waals surface area contributed by atoms with Gasteiger partial charge in [0, 0.05) is 75.0 Å². The lowest BCUT2D eigenvalue weighted by molar-refractivity contribution is -0.144. The number of nitrogens with one attached hydrogen (secondary N) is 3. The zero-order chi connectivity index (χ0) is 50.5. The third-order valence-electron chi connectivity index (χ3n) is 13.5. The Balaban J connectivity index is 0.753. The Labute approximate surface area is 420 Å². The van der Waals surface area contributed by atoms with Crippen molar-refractivity contribution in [1.82, 2.24) is 40.0 Å². The van der Waals surface area contributed by atoms with E-state index in [1.54, 1.807) is 40.1 Å². The number of anilines is 3. The minimum atomic E-state index is -3.30. The van der Waals surface area contributed by atoms with E-state index >= 15 is 0 Å². The molecule has 2 fully saturated rings. The van der Waals surface area contributed by atoms with Crippen LogP contribution in [0.1, 0.15) is 83.5 Å². The van der Waals surface area contributed by atoms with Gasteiger partial charge in [-0.1, -0.05) is 76.1 Å². The summed E-state index contributed by atoms with van der Waals surface area (Å²) < 4.78 is 25.7. The summed E-state index contributed by atoms with van der Waals surface area (Å²) in [5.41, 5.74) is 8.49. The average molecular weight is 1000 g/mol. The number of hydrogen-bond donors (Lipinski definition) is 4. The molecule has 0 radical (unpaired) electrons. The highest BCUT2D eigenvalue weighted by Crippen LogP contribution is 2.31. The molecule has 4 N–H and O–H groups in total. The number of carbonyl (C=O) groups excluding carboxylic acids is 3. The number of aliphatic hydroxyl groups excluding tert-OH is 1. The quantitative estimate of drug-likeness (QED) is 0.0624. The maximum absolute atomic E-state index is 14.2. The molecule has 0 spiro atoms. The van der Waals surface area contributed by atoms with Crippen molar-refractivity contribution in [3.05, 3.63) is 108 Å². The number of unbranched alkanes of at least 4 members (excludes halogenated alkanes) is 3. The number of β-amino-alcohol motifs (C(OH)–C–C–N with tert-alkyl or cyclic N) is 1. The molecule has 18 heteroatoms. The molecule has 8 rings (SSSR count). The molecule has 3 amide bonds. The predicted molar refractivity (Wildman–Crippen MR) is 279 cm³/mol. The molecule has 4 atom stereocenters. The van der Waals surface area contributed by atoms with Crippen LogP contribution in [0.25, 0.3) is 27.2 Å². The molecule has 2 aliphatic rings. The zero-order valence-electron chi connectivity index (χ0n) is 41.5. The van der Waals surface area contributed by atoms with Crippen molar-refractivity contribution >= 4 is 61.9 Å². The number of aryl methyl sites for hydroxylation is 1. The van der Waals surface area contributed by atoms with Crippen LogP contribution in [0.15, 0.2) is 102 Å². The van der Waals surface area contributed by atoms with Crippen LogP contribution in [0.2, 0.25) is 0 Å². The number of rotatable bonds is 18. The normalized spacial score (nSPS) is 17.6. The molecular formula is C53H66N10O6S2. The van der Waals surface area contributed by atoms with Crippen LogP contribution in [0.3, 0.4) is 0 Å². The first-order chi connectivity index (χ1) is 33.9. The average Bonchev–Trinajstić information content (AvgIpc) is 4.09. The Hall–Kier alpha value is -6.21. The topological polar surface area (TPSA) is 194 Å². The first kappa shape index (κ1) is 51.2. The van der Waals surface area contributed by atoms with Crippen LogP contribution in [0, 0.1) is 12.3 Å². The molecule has 6 aromatic rings. The summed E-state index contributed by atoms with van der Waals surface area (Å²) in [5.74, 6) is -0.433. The highest BCUT2D eigenvalue weighted by Gasteiger charge is 2.44. The van der Waals surface area contributed by atoms with E-state index in [1.807, 2.05) is 94.9 Å². The lowest BCUT2D eigenvalue weighted by atomic mass is 9.85. The minimum absolute atomic E-state index is 0.0259. The molecule has 0 aliphatic carbocycles. The van der Waals surface area contributed by atoms with Gasteiger partial charge in [0.05, 0.1) is 33.1 Å². The number of hydrogen-bond acceptors (Lipinski definition) is 13. The monoisotopic (exact) mass is 1000 g/mol. The summed E-state index contributed by atoms with van der Waals surface area (Å²) in [6, 6.07) is 24.8. The molecule has 3 aromatic carbocycles. The van der Waals surface area contributed by atoms with Gasteiger partial charge < -0.3 is 30.9 Å². The van der Waals surface area contributed by atoms with Crippen molar-refractivity contribution < 1.29 is 27.9 Å². The van der Waals surface area contributed by atoms with Crippen LogP contribution in [0.5, 0.6) is 0 Å². The van der Waals surface area contributed by atoms with Gasteiger partial charge in [0.1, 0.15) is 12.1 Å². The van der Waals surface area contributed by atoms with Gasteiger partial charge in [-0.05, 0) is 97.8 Å². The van der Waals surface area contributed by atoms with E-state index in [2.05, 4.69) is 48.0 Å². The molecule has 2 aliphatic heterocycles. The summed E-state index contributed by atoms with van der Waals surface area (Å²) in [7, 11) is -3.30. The molecule has 71 heavy (non-hydrogen) atoms. The number of nitrogens with zero attached hydrogens (tertiary/aromatic N) is 7. The number of fused-ring (bicyclic) bond motifs is 1. The molecule has 16 nitrogen and oxygen atoms in total. The van der Waals surface area contributed by atoms with E-state index in [-0.39, 0.29) is 41.6 Å². The van der Waals surface area contributed by atoms with Gasteiger partial charge in [0.2, 0.25) is 23.7 Å². The standard InChI is InChI=1S/C53H66N10O6S2/c1-35(37-17-19-39(20-18-37)47-36(2)54-34-70-47)55-50(66)45-32-42(64)33-62(45)51(67)48(53(3,4)5)57-46(65)16-9-7-8-10-25-60-27-29-61(30-28-60)41-14-11-13-40(31-41)56-52-58-49-44(15-12-26-63(49)59-52)38-21-23-43(24-22-38)71(6,68)69/h11-15,17-24,26,31,34-35,42,45,48,64H,7-10,16,25,27-30,32-33H2,1-6H3,(H,55,66)(H,56,59)(H,57,65). The fourth-order valence-corrected chi connectivity index (χ4v) is 10.9. The molecule has 0 bridgehead atoms. The number of aromatic nitrogens is 4. The summed E-state index contributed by atoms with van der Waals surface area (Å²) >= 11 is 1.58. The second-order valence-electron chi connectivity index (χ2n) is 20.0. The number of carbonyl (C=O) groups is 3. The highest BCUT2D eigenvalue weighted by molar-refractivity contribution is 7.90. The third kappa shape index (κ3) is 12.6. The molecular weight excluding hydrogens is 937 g/mol. The Morgan fingerprint density at radius 1 is 0.887 bits per heavy atom. The molecule has 0 saturated carbocycles. The molecule has 3 aromatic heterocycles. The fraction of sp³-hybridized carbons (Fsp3) is 0.434. The van der Waals surface area contributed by atoms with Gasteiger partial charge in [-0.2, -0.15) is 4.98 Å². The van der Waals surface area contributed by atoms with Crippen molar-refractivity contribution in [3.8, 4) is 21.6 Å². The number of benzene rings is 3. The summed E-state index contributed by atoms with van der Waals surface area (Å²) in [6.07, 6.45) is 6.24. The SMILES string of the molecule is Cc1ncsc1-c1ccc(C(C)NC(=O)C2CC(O)CN2C(=O)C(NC(=O)CCCCCCN2CCN(c3cccc(Nc4nc5c(-c6ccc(S(C)(=O)=O)cc6)cccn5n4)c3)CC2)C(C)(C)C)cc1. The van der Waals surface area contributed by atoms with Gasteiger partial charge in [0.25, 0.3) is 0 Å². The van der Waals surface area contributed by atoms with E-state index in [1.165, 1.54) is 11.2 Å². The van der Waals surface area contributed by atoms with E-state index in [4.69, 9.17) is 4.98 Å². The van der Waals surface area contributed by atoms with Crippen molar-refractivity contribution in [1.29, 1.82) is 0 Å². The van der Waals surface area contributed by atoms with Crippen molar-refractivity contribution in [2.24, 2.45) is 5.41 Å². The second kappa shape index (κ2) is 22.1. The Kier molecular flexibility index (Phi) is 15.9. The smallest absolute Gasteiger partial charge is 0.247 e. The molecule has 4 unspecified atom stereocenters. The molecule has 5 heterocycles. The minimum Gasteiger partial charge on any atom is -0.391 e. The maximum atomic E-state index is 14.2. The number of piperazine rings is 1. The highest BCUT2D eigenvalue weighted by atomic mass is 32.2. The van der Waals surface area contributed by atoms with Gasteiger partial charge in [0.15, 0.2) is 15.5 Å². The fourth-order valence-electron chi connectivity index (χ4n) is 9.43. The number of amides is 3. The Morgan fingerprint density at radius 2 is 1.61 bits per heavy atom. The van der Waals surface area contributed by atoms with Crippen molar-refractivity contribution in [2.45, 2.75) is 102 Å². The van der Waals surface area contributed by atoms with Crippen LogP contribution in [0.4, 0.5) is 17.3 Å². The number of thiazole rings is 1. The lowest BCUT2D eigenvalue weighted by Crippen LogP contribution is -2.57. The van der Waals surface area contributed by atoms with Gasteiger partial charge in [-0.15, -0.1) is 16.4 Å². The number of sulfone groups is 1. The summed E-state index contributed by atoms with van der Waals surface area (Å²) in [4.78, 5) is 58.0. The summed E-state index contributed by atoms with van der Waals surface area (Å²) in [6.45, 7) is 14.3. The lowest BCUT2D eigenvalue weighted by Gasteiger charge is -2.36. The van der Waals surface area contributed by atoms with E-state index in [0.29, 0.717) is 24.4 Å². The van der Waals surface area contributed by atoms with Gasteiger partial charge >= 0.3 is 0 Å². The first-order valence-electron chi connectivity index (χ1n) is 24.5. The Bertz CT molecular complexity index is 2930. The van der Waals surface area contributed by atoms with Gasteiger partial charge in [-0.25, -0.2) is 17.9 Å². The van der Waals surface area contributed by atoms with Crippen molar-refractivity contribution in [3.63, 3.8) is 0 Å². The summed E-state index contributed by atoms with van der Waals surface area (Å²) in [5, 5.41) is 24.8. The van der Waals surface area contributed by atoms with Crippen molar-refractivity contribution in [2.75, 3.05) is 55.7 Å². The number of pyridine rings is 1. The van der Waals surface area contributed by atoms with Crippen LogP contribution >= 0.6 is 11.3 Å². The first-order valence-corrected chi connectivity index (χ1v) is 27.3. The van der Waals surface area contributed by atoms with E-state index in [9.17, 15) is 27.9 Å². The Morgan fingerprint density at radius 3 is 2.30 bits per heavy atom. The van der Waals surface area contributed by atoms with E-state index < -0.39 is 33.4 Å². The van der Waals surface area contributed by atoms with Crippen LogP contribution in [-0.2, 0) is 24.2 Å². The number of aliphatic hydroxyl groups is 1. The number of likely N-dealkylation sites (tertiary alicyclic amines) is 1. The zero-order valence-corrected chi connectivity index (χ0v) is 43.1. The van der Waals surface area contributed by atoms with E-state index in [0.717, 1.165) is 96.2 Å². The largest absolute Gasteiger partial charge is 0.391 e.